The molecule has 1 amide bonds. The van der Waals surface area contributed by atoms with Gasteiger partial charge in [0.1, 0.15) is 10.8 Å². The molecule has 5 nitrogen and oxygen atoms in total. The molecule has 0 aliphatic rings. The summed E-state index contributed by atoms with van der Waals surface area (Å²) < 4.78 is 5.42. The van der Waals surface area contributed by atoms with Crippen LogP contribution in [0.4, 0.5) is 5.13 Å². The molecule has 0 spiro atoms. The number of nitrogens with one attached hydrogen (secondary N) is 1. The fourth-order valence-electron chi connectivity index (χ4n) is 1.36. The van der Waals surface area contributed by atoms with E-state index in [1.165, 1.54) is 11.3 Å². The second-order valence-corrected chi connectivity index (χ2v) is 4.91. The van der Waals surface area contributed by atoms with Gasteiger partial charge in [0.15, 0.2) is 6.61 Å². The molecule has 2 aromatic rings. The molecule has 0 saturated heterocycles. The van der Waals surface area contributed by atoms with Gasteiger partial charge in [0.05, 0.1) is 0 Å². The predicted molar refractivity (Wildman–Crippen MR) is 69.9 cm³/mol. The maximum atomic E-state index is 11.6. The summed E-state index contributed by atoms with van der Waals surface area (Å²) in [5, 5.41) is 11.6. The first-order valence-electron chi connectivity index (χ1n) is 5.43. The molecule has 0 bridgehead atoms. The van der Waals surface area contributed by atoms with E-state index in [1.54, 1.807) is 0 Å². The van der Waals surface area contributed by atoms with Crippen molar-refractivity contribution in [1.29, 1.82) is 0 Å². The van der Waals surface area contributed by atoms with E-state index in [4.69, 9.17) is 4.74 Å². The summed E-state index contributed by atoms with van der Waals surface area (Å²) in [7, 11) is 0. The molecule has 0 radical (unpaired) electrons. The molecule has 0 aliphatic carbocycles. The van der Waals surface area contributed by atoms with Crippen LogP contribution in [0.15, 0.2) is 24.3 Å². The summed E-state index contributed by atoms with van der Waals surface area (Å²) in [6.45, 7) is 3.72. The van der Waals surface area contributed by atoms with Gasteiger partial charge in [-0.05, 0) is 25.5 Å². The lowest BCUT2D eigenvalue weighted by atomic mass is 10.2. The number of carbonyl (C=O) groups excluding carboxylic acids is 1. The number of aryl methyl sites for hydroxylation is 2. The molecule has 0 saturated carbocycles. The largest absolute Gasteiger partial charge is 0.483 e. The maximum absolute atomic E-state index is 11.6. The number of benzene rings is 1. The molecule has 0 aliphatic heterocycles. The summed E-state index contributed by atoms with van der Waals surface area (Å²) in [5.74, 6) is 0.468. The van der Waals surface area contributed by atoms with Crippen molar-refractivity contribution in [3.8, 4) is 5.75 Å². The molecular weight excluding hydrogens is 250 g/mol. The monoisotopic (exact) mass is 263 g/mol. The number of ether oxygens (including phenoxy) is 1. The molecular formula is C12H13N3O2S. The van der Waals surface area contributed by atoms with Crippen LogP contribution in [0.1, 0.15) is 10.6 Å². The lowest BCUT2D eigenvalue weighted by Gasteiger charge is -2.07. The Kier molecular flexibility index (Phi) is 3.88. The molecule has 2 rings (SSSR count). The number of anilines is 1. The first-order chi connectivity index (χ1) is 8.65. The third-order valence-electron chi connectivity index (χ3n) is 2.22. The second-order valence-electron chi connectivity index (χ2n) is 3.73. The number of aromatic nitrogens is 2. The van der Waals surface area contributed by atoms with Crippen LogP contribution in [-0.2, 0) is 4.79 Å². The van der Waals surface area contributed by atoms with E-state index in [0.717, 1.165) is 10.6 Å². The van der Waals surface area contributed by atoms with E-state index in [0.29, 0.717) is 10.9 Å². The summed E-state index contributed by atoms with van der Waals surface area (Å²) in [5.41, 5.74) is 0.997. The standard InChI is InChI=1S/C12H13N3O2S/c1-8-5-3-4-6-10(8)17-7-11(16)13-12-15-14-9(2)18-12/h3-6H,7H2,1-2H3,(H,13,15,16). The maximum Gasteiger partial charge on any atom is 0.264 e. The number of rotatable bonds is 4. The van der Waals surface area contributed by atoms with E-state index >= 15 is 0 Å². The van der Waals surface area contributed by atoms with Crippen LogP contribution in [-0.4, -0.2) is 22.7 Å². The highest BCUT2D eigenvalue weighted by Gasteiger charge is 2.07. The van der Waals surface area contributed by atoms with Gasteiger partial charge in [0, 0.05) is 0 Å². The van der Waals surface area contributed by atoms with Gasteiger partial charge in [0.25, 0.3) is 5.91 Å². The molecule has 1 N–H and O–H groups in total. The summed E-state index contributed by atoms with van der Waals surface area (Å²) in [4.78, 5) is 11.6. The summed E-state index contributed by atoms with van der Waals surface area (Å²) in [6.07, 6.45) is 0. The average molecular weight is 263 g/mol. The molecule has 1 aromatic heterocycles. The topological polar surface area (TPSA) is 64.1 Å². The highest BCUT2D eigenvalue weighted by molar-refractivity contribution is 7.15. The molecule has 1 aromatic carbocycles. The lowest BCUT2D eigenvalue weighted by molar-refractivity contribution is -0.118. The van der Waals surface area contributed by atoms with E-state index in [2.05, 4.69) is 15.5 Å². The number of hydrogen-bond acceptors (Lipinski definition) is 5. The number of carbonyl (C=O) groups is 1. The van der Waals surface area contributed by atoms with Gasteiger partial charge in [-0.15, -0.1) is 10.2 Å². The Balaban J connectivity index is 1.87. The Morgan fingerprint density at radius 3 is 2.78 bits per heavy atom. The number of hydrogen-bond donors (Lipinski definition) is 1. The van der Waals surface area contributed by atoms with Crippen molar-refractivity contribution in [2.45, 2.75) is 13.8 Å². The van der Waals surface area contributed by atoms with Crippen molar-refractivity contribution in [3.05, 3.63) is 34.8 Å². The van der Waals surface area contributed by atoms with Crippen molar-refractivity contribution < 1.29 is 9.53 Å². The quantitative estimate of drug-likeness (QED) is 0.918. The molecule has 18 heavy (non-hydrogen) atoms. The van der Waals surface area contributed by atoms with Gasteiger partial charge in [0.2, 0.25) is 5.13 Å². The third kappa shape index (κ3) is 3.27. The van der Waals surface area contributed by atoms with Crippen molar-refractivity contribution in [2.75, 3.05) is 11.9 Å². The highest BCUT2D eigenvalue weighted by atomic mass is 32.1. The molecule has 6 heteroatoms. The van der Waals surface area contributed by atoms with Gasteiger partial charge < -0.3 is 4.74 Å². The summed E-state index contributed by atoms with van der Waals surface area (Å²) in [6, 6.07) is 7.56. The molecule has 94 valence electrons. The Labute approximate surface area is 109 Å². The number of para-hydroxylation sites is 1. The fourth-order valence-corrected chi connectivity index (χ4v) is 1.97. The van der Waals surface area contributed by atoms with Crippen molar-refractivity contribution in [3.63, 3.8) is 0 Å². The molecule has 0 atom stereocenters. The minimum absolute atomic E-state index is 0.0382. The van der Waals surface area contributed by atoms with Crippen LogP contribution in [0.3, 0.4) is 0 Å². The van der Waals surface area contributed by atoms with Crippen molar-refractivity contribution in [1.82, 2.24) is 10.2 Å². The van der Waals surface area contributed by atoms with Crippen LogP contribution in [0.5, 0.6) is 5.75 Å². The summed E-state index contributed by atoms with van der Waals surface area (Å²) >= 11 is 1.33. The van der Waals surface area contributed by atoms with Crippen LogP contribution in [0.25, 0.3) is 0 Å². The molecule has 0 unspecified atom stereocenters. The SMILES string of the molecule is Cc1nnc(NC(=O)COc2ccccc2C)s1. The van der Waals surface area contributed by atoms with Gasteiger partial charge in [-0.2, -0.15) is 0 Å². The minimum atomic E-state index is -0.241. The van der Waals surface area contributed by atoms with Crippen LogP contribution in [0.2, 0.25) is 0 Å². The number of nitrogens with zero attached hydrogens (tertiary/aromatic N) is 2. The van der Waals surface area contributed by atoms with Gasteiger partial charge in [-0.1, -0.05) is 29.5 Å². The minimum Gasteiger partial charge on any atom is -0.483 e. The molecule has 0 fully saturated rings. The van der Waals surface area contributed by atoms with Crippen molar-refractivity contribution in [2.24, 2.45) is 0 Å². The lowest BCUT2D eigenvalue weighted by Crippen LogP contribution is -2.20. The highest BCUT2D eigenvalue weighted by Crippen LogP contribution is 2.16. The van der Waals surface area contributed by atoms with E-state index < -0.39 is 0 Å². The second kappa shape index (κ2) is 5.59. The fraction of sp³-hybridized carbons (Fsp3) is 0.250. The first kappa shape index (κ1) is 12.5. The van der Waals surface area contributed by atoms with Gasteiger partial charge in [-0.25, -0.2) is 0 Å². The third-order valence-corrected chi connectivity index (χ3v) is 2.98. The zero-order valence-corrected chi connectivity index (χ0v) is 11.0. The smallest absolute Gasteiger partial charge is 0.264 e. The Morgan fingerprint density at radius 1 is 1.33 bits per heavy atom. The van der Waals surface area contributed by atoms with Crippen LogP contribution >= 0.6 is 11.3 Å². The van der Waals surface area contributed by atoms with E-state index in [-0.39, 0.29) is 12.5 Å². The van der Waals surface area contributed by atoms with Crippen LogP contribution in [0, 0.1) is 13.8 Å². The Morgan fingerprint density at radius 2 is 2.11 bits per heavy atom. The van der Waals surface area contributed by atoms with E-state index in [9.17, 15) is 4.79 Å². The van der Waals surface area contributed by atoms with E-state index in [1.807, 2.05) is 38.1 Å². The van der Waals surface area contributed by atoms with Crippen LogP contribution < -0.4 is 10.1 Å². The van der Waals surface area contributed by atoms with Gasteiger partial charge >= 0.3 is 0 Å². The normalized spacial score (nSPS) is 10.1. The predicted octanol–water partition coefficient (Wildman–Crippen LogP) is 2.17. The molecule has 1 heterocycles. The Hall–Kier alpha value is -1.95. The van der Waals surface area contributed by atoms with Gasteiger partial charge in [-0.3, -0.25) is 10.1 Å². The first-order valence-corrected chi connectivity index (χ1v) is 6.25. The van der Waals surface area contributed by atoms with Crippen molar-refractivity contribution >= 4 is 22.4 Å². The zero-order valence-electron chi connectivity index (χ0n) is 10.1. The number of amides is 1. The average Bonchev–Trinajstić information content (AvgIpc) is 2.74. The Bertz CT molecular complexity index is 554. The zero-order chi connectivity index (χ0) is 13.0.